The van der Waals surface area contributed by atoms with Crippen molar-refractivity contribution < 1.29 is 18.3 Å². The first-order valence-electron chi connectivity index (χ1n) is 7.21. The Bertz CT molecular complexity index is 477. The van der Waals surface area contributed by atoms with Crippen LogP contribution in [0, 0.1) is 3.57 Å². The molecule has 0 bridgehead atoms. The molecule has 1 aromatic carbocycles. The molecule has 1 amide bonds. The third-order valence-corrected chi connectivity index (χ3v) is 4.25. The molecule has 0 radical (unpaired) electrons. The molecule has 22 heavy (non-hydrogen) atoms. The van der Waals surface area contributed by atoms with Gasteiger partial charge in [-0.3, -0.25) is 9.69 Å². The zero-order valence-electron chi connectivity index (χ0n) is 12.1. The summed E-state index contributed by atoms with van der Waals surface area (Å²) in [6.07, 6.45) is -0.905. The first kappa shape index (κ1) is 17.4. The van der Waals surface area contributed by atoms with Gasteiger partial charge in [0.2, 0.25) is 0 Å². The Hall–Kier alpha value is -0.960. The number of ether oxygens (including phenoxy) is 1. The Morgan fingerprint density at radius 2 is 1.95 bits per heavy atom. The van der Waals surface area contributed by atoms with Crippen LogP contribution in [0.5, 0.6) is 5.75 Å². The Kier molecular flexibility index (Phi) is 6.81. The van der Waals surface area contributed by atoms with Crippen molar-refractivity contribution in [3.05, 3.63) is 27.8 Å². The van der Waals surface area contributed by atoms with E-state index in [9.17, 15) is 13.6 Å². The Morgan fingerprint density at radius 1 is 1.32 bits per heavy atom. The highest BCUT2D eigenvalue weighted by Gasteiger charge is 2.22. The number of hydrogen-bond acceptors (Lipinski definition) is 3. The molecule has 1 aliphatic rings. The van der Waals surface area contributed by atoms with E-state index in [4.69, 9.17) is 4.74 Å². The van der Waals surface area contributed by atoms with Crippen LogP contribution in [0.2, 0.25) is 0 Å². The van der Waals surface area contributed by atoms with Gasteiger partial charge < -0.3 is 10.1 Å². The van der Waals surface area contributed by atoms with E-state index in [0.29, 0.717) is 31.7 Å². The van der Waals surface area contributed by atoms with E-state index in [1.807, 2.05) is 24.3 Å². The topological polar surface area (TPSA) is 41.6 Å². The van der Waals surface area contributed by atoms with Crippen molar-refractivity contribution in [1.29, 1.82) is 0 Å². The first-order chi connectivity index (χ1) is 10.5. The summed E-state index contributed by atoms with van der Waals surface area (Å²) in [5.41, 5.74) is 0. The number of carbonyl (C=O) groups is 1. The molecule has 0 saturated carbocycles. The summed E-state index contributed by atoms with van der Waals surface area (Å²) in [6, 6.07) is 7.50. The van der Waals surface area contributed by atoms with Gasteiger partial charge >= 0.3 is 0 Å². The summed E-state index contributed by atoms with van der Waals surface area (Å²) in [5, 5.41) is 2.89. The molecule has 4 nitrogen and oxygen atoms in total. The van der Waals surface area contributed by atoms with Crippen LogP contribution < -0.4 is 10.1 Å². The van der Waals surface area contributed by atoms with E-state index in [-0.39, 0.29) is 25.1 Å². The molecule has 0 atom stereocenters. The molecule has 0 spiro atoms. The van der Waals surface area contributed by atoms with E-state index in [1.54, 1.807) is 4.90 Å². The van der Waals surface area contributed by atoms with Crippen LogP contribution in [0.1, 0.15) is 12.8 Å². The fraction of sp³-hybridized carbons (Fsp3) is 0.533. The number of amides is 1. The molecule has 0 aromatic heterocycles. The molecule has 1 heterocycles. The smallest absolute Gasteiger partial charge is 0.258 e. The maximum atomic E-state index is 12.3. The molecule has 1 aromatic rings. The minimum Gasteiger partial charge on any atom is -0.484 e. The minimum absolute atomic E-state index is 0.0299. The predicted molar refractivity (Wildman–Crippen MR) is 88.3 cm³/mol. The maximum Gasteiger partial charge on any atom is 0.258 e. The highest BCUT2D eigenvalue weighted by atomic mass is 127. The number of benzene rings is 1. The number of carbonyl (C=O) groups excluding carboxylic acids is 1. The normalized spacial score (nSPS) is 16.7. The summed E-state index contributed by atoms with van der Waals surface area (Å²) in [5.74, 6) is 0.480. The van der Waals surface area contributed by atoms with E-state index in [1.165, 1.54) is 0 Å². The molecule has 7 heteroatoms. The lowest BCUT2D eigenvalue weighted by molar-refractivity contribution is -0.124. The van der Waals surface area contributed by atoms with Crippen LogP contribution in [0.15, 0.2) is 24.3 Å². The van der Waals surface area contributed by atoms with Gasteiger partial charge in [0.15, 0.2) is 6.61 Å². The number of piperidine rings is 1. The second-order valence-electron chi connectivity index (χ2n) is 5.28. The number of alkyl halides is 2. The molecule has 1 N–H and O–H groups in total. The molecular weight excluding hydrogens is 405 g/mol. The highest BCUT2D eigenvalue weighted by molar-refractivity contribution is 14.1. The summed E-state index contributed by atoms with van der Waals surface area (Å²) in [4.78, 5) is 13.6. The average Bonchev–Trinajstić information content (AvgIpc) is 2.48. The second kappa shape index (κ2) is 8.61. The maximum absolute atomic E-state index is 12.3. The van der Waals surface area contributed by atoms with Gasteiger partial charge in [-0.15, -0.1) is 0 Å². The van der Waals surface area contributed by atoms with Gasteiger partial charge in [0.05, 0.1) is 6.54 Å². The van der Waals surface area contributed by atoms with Gasteiger partial charge in [-0.05, 0) is 59.7 Å². The van der Waals surface area contributed by atoms with Crippen molar-refractivity contribution in [2.45, 2.75) is 25.3 Å². The van der Waals surface area contributed by atoms with Crippen LogP contribution in [0.4, 0.5) is 8.78 Å². The lowest BCUT2D eigenvalue weighted by Crippen LogP contribution is -2.46. The molecule has 1 fully saturated rings. The number of likely N-dealkylation sites (tertiary alicyclic amines) is 1. The van der Waals surface area contributed by atoms with Crippen LogP contribution in [0.3, 0.4) is 0 Å². The summed E-state index contributed by atoms with van der Waals surface area (Å²) in [6.45, 7) is 0.967. The van der Waals surface area contributed by atoms with Gasteiger partial charge in [0.25, 0.3) is 12.3 Å². The molecule has 1 aliphatic heterocycles. The average molecular weight is 424 g/mol. The third-order valence-electron chi connectivity index (χ3n) is 3.53. The van der Waals surface area contributed by atoms with Gasteiger partial charge in [-0.25, -0.2) is 8.78 Å². The Morgan fingerprint density at radius 3 is 2.55 bits per heavy atom. The summed E-state index contributed by atoms with van der Waals surface area (Å²) < 4.78 is 31.1. The molecular formula is C15H19F2IN2O2. The van der Waals surface area contributed by atoms with Crippen LogP contribution >= 0.6 is 22.6 Å². The quantitative estimate of drug-likeness (QED) is 0.714. The lowest BCUT2D eigenvalue weighted by Gasteiger charge is -2.31. The predicted octanol–water partition coefficient (Wildman–Crippen LogP) is 2.52. The lowest BCUT2D eigenvalue weighted by atomic mass is 10.1. The summed E-state index contributed by atoms with van der Waals surface area (Å²) in [7, 11) is 0. The van der Waals surface area contributed by atoms with Crippen LogP contribution in [0.25, 0.3) is 0 Å². The van der Waals surface area contributed by atoms with Crippen molar-refractivity contribution in [1.82, 2.24) is 10.2 Å². The monoisotopic (exact) mass is 424 g/mol. The fourth-order valence-electron chi connectivity index (χ4n) is 2.40. The standard InChI is InChI=1S/C15H19F2IN2O2/c16-14(17)9-20-7-5-12(6-8-20)19-15(21)10-22-13-3-1-11(18)2-4-13/h1-4,12,14H,5-10H2,(H,19,21). The van der Waals surface area contributed by atoms with E-state index < -0.39 is 6.43 Å². The van der Waals surface area contributed by atoms with Crippen molar-refractivity contribution >= 4 is 28.5 Å². The van der Waals surface area contributed by atoms with Crippen LogP contribution in [-0.2, 0) is 4.79 Å². The Balaban J connectivity index is 1.66. The van der Waals surface area contributed by atoms with Gasteiger partial charge in [-0.2, -0.15) is 0 Å². The molecule has 0 aliphatic carbocycles. The van der Waals surface area contributed by atoms with E-state index in [2.05, 4.69) is 27.9 Å². The van der Waals surface area contributed by atoms with Crippen molar-refractivity contribution in [2.24, 2.45) is 0 Å². The molecule has 2 rings (SSSR count). The van der Waals surface area contributed by atoms with Crippen molar-refractivity contribution in [2.75, 3.05) is 26.2 Å². The largest absolute Gasteiger partial charge is 0.484 e. The third kappa shape index (κ3) is 6.04. The van der Waals surface area contributed by atoms with Crippen molar-refractivity contribution in [3.8, 4) is 5.75 Å². The number of halogens is 3. The van der Waals surface area contributed by atoms with Gasteiger partial charge in [-0.1, -0.05) is 0 Å². The zero-order chi connectivity index (χ0) is 15.9. The number of nitrogens with one attached hydrogen (secondary N) is 1. The van der Waals surface area contributed by atoms with Crippen LogP contribution in [-0.4, -0.2) is 49.5 Å². The fourth-order valence-corrected chi connectivity index (χ4v) is 2.76. The molecule has 122 valence electrons. The summed E-state index contributed by atoms with van der Waals surface area (Å²) >= 11 is 2.20. The van der Waals surface area contributed by atoms with E-state index >= 15 is 0 Å². The second-order valence-corrected chi connectivity index (χ2v) is 6.52. The van der Waals surface area contributed by atoms with Crippen molar-refractivity contribution in [3.63, 3.8) is 0 Å². The first-order valence-corrected chi connectivity index (χ1v) is 8.29. The number of hydrogen-bond donors (Lipinski definition) is 1. The minimum atomic E-state index is -2.30. The van der Waals surface area contributed by atoms with E-state index in [0.717, 1.165) is 3.57 Å². The van der Waals surface area contributed by atoms with Gasteiger partial charge in [0.1, 0.15) is 5.75 Å². The Labute approximate surface area is 142 Å². The number of nitrogens with zero attached hydrogens (tertiary/aromatic N) is 1. The highest BCUT2D eigenvalue weighted by Crippen LogP contribution is 2.14. The van der Waals surface area contributed by atoms with Gasteiger partial charge in [0, 0.05) is 22.7 Å². The zero-order valence-corrected chi connectivity index (χ0v) is 14.3. The SMILES string of the molecule is O=C(COc1ccc(I)cc1)NC1CCN(CC(F)F)CC1. The molecule has 0 unspecified atom stereocenters. The number of rotatable bonds is 6. The molecule has 1 saturated heterocycles.